The normalized spacial score (nSPS) is 11.2. The second kappa shape index (κ2) is 10.4. The van der Waals surface area contributed by atoms with Gasteiger partial charge in [-0.1, -0.05) is 42.0 Å². The lowest BCUT2D eigenvalue weighted by atomic mass is 10.1. The first-order valence-electron chi connectivity index (χ1n) is 8.42. The summed E-state index contributed by atoms with van der Waals surface area (Å²) in [7, 11) is 3.44. The van der Waals surface area contributed by atoms with Crippen LogP contribution in [0.4, 0.5) is 0 Å². The van der Waals surface area contributed by atoms with Crippen LogP contribution in [0.25, 0.3) is 0 Å². The molecular weight excluding hydrogens is 314 g/mol. The Morgan fingerprint density at radius 2 is 1.64 bits per heavy atom. The van der Waals surface area contributed by atoms with Gasteiger partial charge in [-0.15, -0.1) is 0 Å². The molecule has 0 saturated heterocycles. The van der Waals surface area contributed by atoms with Crippen molar-refractivity contribution >= 4 is 5.96 Å². The molecule has 0 amide bonds. The molecule has 0 saturated carbocycles. The minimum atomic E-state index is 0.549. The van der Waals surface area contributed by atoms with Gasteiger partial charge in [-0.25, -0.2) is 0 Å². The summed E-state index contributed by atoms with van der Waals surface area (Å²) in [6.45, 7) is 4.64. The summed E-state index contributed by atoms with van der Waals surface area (Å²) in [5.74, 6) is 1.62. The van der Waals surface area contributed by atoms with Gasteiger partial charge in [0.1, 0.15) is 12.4 Å². The van der Waals surface area contributed by atoms with Gasteiger partial charge in [0.2, 0.25) is 0 Å². The third-order valence-corrected chi connectivity index (χ3v) is 3.68. The third-order valence-electron chi connectivity index (χ3n) is 3.68. The van der Waals surface area contributed by atoms with Crippen LogP contribution in [0.1, 0.15) is 16.7 Å². The Labute approximate surface area is 150 Å². The number of aliphatic imine (C=N–C) groups is 1. The van der Waals surface area contributed by atoms with Crippen LogP contribution in [0.3, 0.4) is 0 Å². The molecule has 0 aliphatic rings. The summed E-state index contributed by atoms with van der Waals surface area (Å²) in [6.07, 6.45) is 0. The van der Waals surface area contributed by atoms with Crippen LogP contribution in [0.2, 0.25) is 0 Å². The number of guanidine groups is 1. The van der Waals surface area contributed by atoms with Crippen LogP contribution in [0.5, 0.6) is 5.75 Å². The van der Waals surface area contributed by atoms with Crippen molar-refractivity contribution < 1.29 is 9.47 Å². The Hall–Kier alpha value is -2.53. The number of nitrogens with zero attached hydrogens (tertiary/aromatic N) is 1. The van der Waals surface area contributed by atoms with E-state index in [4.69, 9.17) is 9.47 Å². The Morgan fingerprint density at radius 3 is 2.28 bits per heavy atom. The van der Waals surface area contributed by atoms with Crippen molar-refractivity contribution in [1.29, 1.82) is 0 Å². The van der Waals surface area contributed by atoms with Crippen molar-refractivity contribution in [3.63, 3.8) is 0 Å². The summed E-state index contributed by atoms with van der Waals surface area (Å²) in [5.41, 5.74) is 3.62. The Kier molecular flexibility index (Phi) is 7.79. The molecule has 5 nitrogen and oxygen atoms in total. The molecule has 0 atom stereocenters. The lowest BCUT2D eigenvalue weighted by molar-refractivity contribution is 0.146. The topological polar surface area (TPSA) is 54.9 Å². The van der Waals surface area contributed by atoms with E-state index in [1.807, 2.05) is 18.2 Å². The lowest BCUT2D eigenvalue weighted by Crippen LogP contribution is -2.36. The number of benzene rings is 2. The summed E-state index contributed by atoms with van der Waals surface area (Å²) in [4.78, 5) is 4.27. The smallest absolute Gasteiger partial charge is 0.191 e. The van der Waals surface area contributed by atoms with E-state index < -0.39 is 0 Å². The maximum Gasteiger partial charge on any atom is 0.191 e. The van der Waals surface area contributed by atoms with Gasteiger partial charge < -0.3 is 20.1 Å². The zero-order chi connectivity index (χ0) is 17.9. The van der Waals surface area contributed by atoms with Gasteiger partial charge in [0.15, 0.2) is 5.96 Å². The van der Waals surface area contributed by atoms with Crippen molar-refractivity contribution in [2.75, 3.05) is 27.4 Å². The first kappa shape index (κ1) is 18.8. The minimum absolute atomic E-state index is 0.549. The van der Waals surface area contributed by atoms with Gasteiger partial charge in [-0.05, 0) is 30.2 Å². The zero-order valence-corrected chi connectivity index (χ0v) is 15.2. The Balaban J connectivity index is 1.83. The molecule has 0 radical (unpaired) electrons. The Bertz CT molecular complexity index is 686. The van der Waals surface area contributed by atoms with Gasteiger partial charge in [-0.3, -0.25) is 4.99 Å². The predicted molar refractivity (Wildman–Crippen MR) is 102 cm³/mol. The quantitative estimate of drug-likeness (QED) is 0.440. The minimum Gasteiger partial charge on any atom is -0.491 e. The van der Waals surface area contributed by atoms with Crippen molar-refractivity contribution in [1.82, 2.24) is 10.6 Å². The van der Waals surface area contributed by atoms with Gasteiger partial charge in [-0.2, -0.15) is 0 Å². The highest BCUT2D eigenvalue weighted by molar-refractivity contribution is 5.79. The predicted octanol–water partition coefficient (Wildman–Crippen LogP) is 2.89. The molecule has 0 unspecified atom stereocenters. The number of methoxy groups -OCH3 is 1. The molecule has 2 aromatic rings. The van der Waals surface area contributed by atoms with Crippen LogP contribution >= 0.6 is 0 Å². The van der Waals surface area contributed by atoms with Crippen molar-refractivity contribution in [3.05, 3.63) is 65.2 Å². The molecule has 0 aliphatic carbocycles. The summed E-state index contributed by atoms with van der Waals surface area (Å²) in [5, 5.41) is 6.65. The van der Waals surface area contributed by atoms with Gasteiger partial charge >= 0.3 is 0 Å². The fourth-order valence-corrected chi connectivity index (χ4v) is 2.40. The summed E-state index contributed by atoms with van der Waals surface area (Å²) >= 11 is 0. The van der Waals surface area contributed by atoms with E-state index >= 15 is 0 Å². The molecule has 5 heteroatoms. The first-order chi connectivity index (χ1) is 12.2. The largest absolute Gasteiger partial charge is 0.491 e. The number of aryl methyl sites for hydroxylation is 1. The van der Waals surface area contributed by atoms with E-state index in [2.05, 4.69) is 52.9 Å². The Morgan fingerprint density at radius 1 is 0.960 bits per heavy atom. The number of ether oxygens (including phenoxy) is 2. The second-order valence-electron chi connectivity index (χ2n) is 5.76. The summed E-state index contributed by atoms with van der Waals surface area (Å²) in [6, 6.07) is 16.5. The van der Waals surface area contributed by atoms with E-state index in [0.717, 1.165) is 23.8 Å². The summed E-state index contributed by atoms with van der Waals surface area (Å²) < 4.78 is 10.6. The third kappa shape index (κ3) is 6.85. The van der Waals surface area contributed by atoms with E-state index in [1.165, 1.54) is 11.1 Å². The lowest BCUT2D eigenvalue weighted by Gasteiger charge is -2.13. The van der Waals surface area contributed by atoms with Crippen LogP contribution in [0.15, 0.2) is 53.5 Å². The molecule has 0 aliphatic heterocycles. The molecule has 2 N–H and O–H groups in total. The van der Waals surface area contributed by atoms with Gasteiger partial charge in [0.25, 0.3) is 0 Å². The zero-order valence-electron chi connectivity index (χ0n) is 15.2. The van der Waals surface area contributed by atoms with E-state index in [9.17, 15) is 0 Å². The molecule has 0 heterocycles. The highest BCUT2D eigenvalue weighted by Crippen LogP contribution is 2.13. The SMILES string of the molecule is CN=C(NCc1cccc(C)c1)NCc1cccc(OCCOC)c1. The van der Waals surface area contributed by atoms with Crippen LogP contribution in [0, 0.1) is 6.92 Å². The molecule has 0 fully saturated rings. The maximum absolute atomic E-state index is 5.64. The highest BCUT2D eigenvalue weighted by Gasteiger charge is 2.01. The molecule has 134 valence electrons. The first-order valence-corrected chi connectivity index (χ1v) is 8.42. The van der Waals surface area contributed by atoms with Crippen molar-refractivity contribution in [3.8, 4) is 5.75 Å². The molecule has 2 rings (SSSR count). The number of nitrogens with one attached hydrogen (secondary N) is 2. The number of rotatable bonds is 8. The molecule has 0 bridgehead atoms. The van der Waals surface area contributed by atoms with E-state index in [-0.39, 0.29) is 0 Å². The standard InChI is InChI=1S/C20H27N3O2/c1-16-6-4-7-17(12-16)14-22-20(21-2)23-15-18-8-5-9-19(13-18)25-11-10-24-3/h4-9,12-13H,10-11,14-15H2,1-3H3,(H2,21,22,23). The molecule has 25 heavy (non-hydrogen) atoms. The average Bonchev–Trinajstić information content (AvgIpc) is 2.62. The van der Waals surface area contributed by atoms with E-state index in [1.54, 1.807) is 14.2 Å². The van der Waals surface area contributed by atoms with E-state index in [0.29, 0.717) is 19.8 Å². The van der Waals surface area contributed by atoms with Gasteiger partial charge in [0.05, 0.1) is 6.61 Å². The molecule has 2 aromatic carbocycles. The average molecular weight is 341 g/mol. The van der Waals surface area contributed by atoms with Crippen LogP contribution in [-0.4, -0.2) is 33.3 Å². The number of hydrogen-bond acceptors (Lipinski definition) is 3. The fourth-order valence-electron chi connectivity index (χ4n) is 2.40. The number of hydrogen-bond donors (Lipinski definition) is 2. The fraction of sp³-hybridized carbons (Fsp3) is 0.350. The maximum atomic E-state index is 5.64. The molecule has 0 aromatic heterocycles. The van der Waals surface area contributed by atoms with Crippen LogP contribution in [-0.2, 0) is 17.8 Å². The van der Waals surface area contributed by atoms with Crippen LogP contribution < -0.4 is 15.4 Å². The highest BCUT2D eigenvalue weighted by atomic mass is 16.5. The van der Waals surface area contributed by atoms with Crippen molar-refractivity contribution in [2.24, 2.45) is 4.99 Å². The molecular formula is C20H27N3O2. The van der Waals surface area contributed by atoms with Crippen molar-refractivity contribution in [2.45, 2.75) is 20.0 Å². The monoisotopic (exact) mass is 341 g/mol. The molecule has 0 spiro atoms. The second-order valence-corrected chi connectivity index (χ2v) is 5.76. The van der Waals surface area contributed by atoms with Gasteiger partial charge in [0, 0.05) is 27.2 Å².